The van der Waals surface area contributed by atoms with Gasteiger partial charge in [0.2, 0.25) is 10.0 Å². The Morgan fingerprint density at radius 2 is 1.79 bits per heavy atom. The molecule has 0 spiro atoms. The van der Waals surface area contributed by atoms with Crippen molar-refractivity contribution in [2.24, 2.45) is 0 Å². The first-order chi connectivity index (χ1) is 14.0. The number of hydrogen-bond donors (Lipinski definition) is 1. The Bertz CT molecular complexity index is 782. The zero-order valence-electron chi connectivity index (χ0n) is 17.2. The number of hydrogen-bond acceptors (Lipinski definition) is 5. The number of sulfonamides is 1. The van der Waals surface area contributed by atoms with Crippen molar-refractivity contribution in [3.8, 4) is 5.75 Å². The Hall–Kier alpha value is -1.64. The summed E-state index contributed by atoms with van der Waals surface area (Å²) < 4.78 is 37.9. The largest absolute Gasteiger partial charge is 0.484 e. The molecule has 0 bridgehead atoms. The summed E-state index contributed by atoms with van der Waals surface area (Å²) in [5.74, 6) is 0.402. The van der Waals surface area contributed by atoms with E-state index in [1.807, 2.05) is 0 Å². The van der Waals surface area contributed by atoms with Crippen LogP contribution < -0.4 is 10.1 Å². The molecule has 8 heteroatoms. The van der Waals surface area contributed by atoms with E-state index >= 15 is 0 Å². The van der Waals surface area contributed by atoms with E-state index in [1.165, 1.54) is 23.6 Å². The standard InChI is InChI=1S/C21H32N2O5S/c1-17-15-19(29(25,26)23-11-13-27-14-12-23)9-10-20(17)28-16-21(24)22-18-7-5-3-2-4-6-8-18/h9-10,15,18H,2-8,11-14,16H2,1H3,(H,22,24). The molecule has 1 aliphatic heterocycles. The number of carbonyl (C=O) groups excluding carboxylic acids is 1. The molecule has 2 fully saturated rings. The van der Waals surface area contributed by atoms with E-state index in [0.717, 1.165) is 25.7 Å². The Kier molecular flexibility index (Phi) is 7.91. The first-order valence-corrected chi connectivity index (χ1v) is 12.0. The topological polar surface area (TPSA) is 84.9 Å². The molecule has 1 aliphatic carbocycles. The quantitative estimate of drug-likeness (QED) is 0.759. The lowest BCUT2D eigenvalue weighted by Gasteiger charge is -2.26. The van der Waals surface area contributed by atoms with Crippen molar-refractivity contribution in [1.29, 1.82) is 0 Å². The maximum atomic E-state index is 12.8. The van der Waals surface area contributed by atoms with Crippen molar-refractivity contribution >= 4 is 15.9 Å². The van der Waals surface area contributed by atoms with Gasteiger partial charge in [0, 0.05) is 19.1 Å². The van der Waals surface area contributed by atoms with Crippen molar-refractivity contribution in [1.82, 2.24) is 9.62 Å². The average molecular weight is 425 g/mol. The fourth-order valence-corrected chi connectivity index (χ4v) is 5.39. The minimum absolute atomic E-state index is 0.0626. The number of morpholine rings is 1. The summed E-state index contributed by atoms with van der Waals surface area (Å²) >= 11 is 0. The van der Waals surface area contributed by atoms with Gasteiger partial charge in [-0.1, -0.05) is 32.1 Å². The molecule has 1 aromatic rings. The number of rotatable bonds is 6. The van der Waals surface area contributed by atoms with Crippen molar-refractivity contribution in [2.45, 2.75) is 62.8 Å². The highest BCUT2D eigenvalue weighted by Gasteiger charge is 2.26. The van der Waals surface area contributed by atoms with Crippen LogP contribution in [-0.2, 0) is 19.6 Å². The number of amides is 1. The van der Waals surface area contributed by atoms with Crippen LogP contribution in [0.1, 0.15) is 50.5 Å². The molecule has 1 aromatic carbocycles. The van der Waals surface area contributed by atoms with Gasteiger partial charge in [0.15, 0.2) is 6.61 Å². The monoisotopic (exact) mass is 424 g/mol. The number of nitrogens with one attached hydrogen (secondary N) is 1. The molecule has 1 saturated heterocycles. The summed E-state index contributed by atoms with van der Waals surface area (Å²) in [5.41, 5.74) is 0.693. The van der Waals surface area contributed by atoms with Crippen LogP contribution in [0, 0.1) is 6.92 Å². The van der Waals surface area contributed by atoms with Gasteiger partial charge >= 0.3 is 0 Å². The Labute approximate surface area is 173 Å². The molecule has 0 aromatic heterocycles. The van der Waals surface area contributed by atoms with Gasteiger partial charge in [-0.25, -0.2) is 8.42 Å². The summed E-state index contributed by atoms with van der Waals surface area (Å²) in [6.45, 7) is 3.28. The third-order valence-corrected chi connectivity index (χ3v) is 7.48. The second kappa shape index (κ2) is 10.4. The van der Waals surface area contributed by atoms with Crippen LogP contribution in [0.25, 0.3) is 0 Å². The molecular weight excluding hydrogens is 392 g/mol. The van der Waals surface area contributed by atoms with Crippen molar-refractivity contribution in [3.05, 3.63) is 23.8 Å². The van der Waals surface area contributed by atoms with Crippen molar-refractivity contribution < 1.29 is 22.7 Å². The summed E-state index contributed by atoms with van der Waals surface area (Å²) in [6, 6.07) is 5.01. The molecular formula is C21H32N2O5S. The highest BCUT2D eigenvalue weighted by atomic mass is 32.2. The second-order valence-electron chi connectivity index (χ2n) is 7.84. The number of carbonyl (C=O) groups is 1. The fraction of sp³-hybridized carbons (Fsp3) is 0.667. The minimum Gasteiger partial charge on any atom is -0.484 e. The third kappa shape index (κ3) is 6.17. The van der Waals surface area contributed by atoms with Crippen LogP contribution in [0.2, 0.25) is 0 Å². The third-order valence-electron chi connectivity index (χ3n) is 5.58. The first-order valence-electron chi connectivity index (χ1n) is 10.6. The average Bonchev–Trinajstić information content (AvgIpc) is 2.69. The summed E-state index contributed by atoms with van der Waals surface area (Å²) in [7, 11) is -3.54. The van der Waals surface area contributed by atoms with Crippen LogP contribution in [0.15, 0.2) is 23.1 Å². The molecule has 2 aliphatic rings. The molecule has 29 heavy (non-hydrogen) atoms. The maximum Gasteiger partial charge on any atom is 0.258 e. The first kappa shape index (κ1) is 22.1. The molecule has 0 atom stereocenters. The van der Waals surface area contributed by atoms with Crippen molar-refractivity contribution in [2.75, 3.05) is 32.9 Å². The number of benzene rings is 1. The van der Waals surface area contributed by atoms with E-state index in [1.54, 1.807) is 25.1 Å². The van der Waals surface area contributed by atoms with E-state index < -0.39 is 10.0 Å². The van der Waals surface area contributed by atoms with E-state index in [2.05, 4.69) is 5.32 Å². The van der Waals surface area contributed by atoms with Gasteiger partial charge < -0.3 is 14.8 Å². The predicted octanol–water partition coefficient (Wildman–Crippen LogP) is 2.62. The molecule has 0 radical (unpaired) electrons. The van der Waals surface area contributed by atoms with Crippen molar-refractivity contribution in [3.63, 3.8) is 0 Å². The van der Waals surface area contributed by atoms with Crippen LogP contribution >= 0.6 is 0 Å². The van der Waals surface area contributed by atoms with Gasteiger partial charge in [0.05, 0.1) is 18.1 Å². The molecule has 0 unspecified atom stereocenters. The van der Waals surface area contributed by atoms with Crippen LogP contribution in [0.3, 0.4) is 0 Å². The molecule has 1 N–H and O–H groups in total. The second-order valence-corrected chi connectivity index (χ2v) is 9.78. The van der Waals surface area contributed by atoms with E-state index in [4.69, 9.17) is 9.47 Å². The number of nitrogens with zero attached hydrogens (tertiary/aromatic N) is 1. The normalized spacial score (nSPS) is 19.9. The zero-order chi connectivity index (χ0) is 20.7. The molecule has 3 rings (SSSR count). The molecule has 1 heterocycles. The zero-order valence-corrected chi connectivity index (χ0v) is 18.0. The Morgan fingerprint density at radius 3 is 2.45 bits per heavy atom. The van der Waals surface area contributed by atoms with Gasteiger partial charge in [0.25, 0.3) is 5.91 Å². The van der Waals surface area contributed by atoms with Gasteiger partial charge in [-0.05, 0) is 43.5 Å². The molecule has 7 nitrogen and oxygen atoms in total. The lowest BCUT2D eigenvalue weighted by molar-refractivity contribution is -0.123. The van der Waals surface area contributed by atoms with Crippen LogP contribution in [0.4, 0.5) is 0 Å². The van der Waals surface area contributed by atoms with Gasteiger partial charge in [0.1, 0.15) is 5.75 Å². The van der Waals surface area contributed by atoms with E-state index in [0.29, 0.717) is 37.6 Å². The lowest BCUT2D eigenvalue weighted by atomic mass is 9.97. The Balaban J connectivity index is 1.55. The SMILES string of the molecule is Cc1cc(S(=O)(=O)N2CCOCC2)ccc1OCC(=O)NC1CCCCCCC1. The minimum atomic E-state index is -3.54. The Morgan fingerprint density at radius 1 is 1.14 bits per heavy atom. The summed E-state index contributed by atoms with van der Waals surface area (Å²) in [6.07, 6.45) is 8.13. The van der Waals surface area contributed by atoms with Gasteiger partial charge in [-0.15, -0.1) is 0 Å². The summed E-state index contributed by atoms with van der Waals surface area (Å²) in [5, 5.41) is 3.08. The van der Waals surface area contributed by atoms with Crippen LogP contribution in [-0.4, -0.2) is 57.6 Å². The number of aryl methyl sites for hydroxylation is 1. The smallest absolute Gasteiger partial charge is 0.258 e. The number of ether oxygens (including phenoxy) is 2. The maximum absolute atomic E-state index is 12.8. The summed E-state index contributed by atoms with van der Waals surface area (Å²) in [4.78, 5) is 12.5. The van der Waals surface area contributed by atoms with Gasteiger partial charge in [-0.3, -0.25) is 4.79 Å². The lowest BCUT2D eigenvalue weighted by Crippen LogP contribution is -2.40. The molecule has 1 amide bonds. The van der Waals surface area contributed by atoms with Crippen LogP contribution in [0.5, 0.6) is 5.75 Å². The predicted molar refractivity (Wildman–Crippen MR) is 111 cm³/mol. The van der Waals surface area contributed by atoms with Gasteiger partial charge in [-0.2, -0.15) is 4.31 Å². The molecule has 162 valence electrons. The fourth-order valence-electron chi connectivity index (χ4n) is 3.89. The van der Waals surface area contributed by atoms with E-state index in [9.17, 15) is 13.2 Å². The molecule has 1 saturated carbocycles. The van der Waals surface area contributed by atoms with E-state index in [-0.39, 0.29) is 23.5 Å². The highest BCUT2D eigenvalue weighted by Crippen LogP contribution is 2.24. The highest BCUT2D eigenvalue weighted by molar-refractivity contribution is 7.89.